The molecule has 5 rings (SSSR count). The number of furan rings is 1. The van der Waals surface area contributed by atoms with Crippen LogP contribution in [-0.4, -0.2) is 20.5 Å². The maximum absolute atomic E-state index is 13.1. The molecule has 0 radical (unpaired) electrons. The summed E-state index contributed by atoms with van der Waals surface area (Å²) in [5, 5.41) is 9.76. The van der Waals surface area contributed by atoms with E-state index in [0.717, 1.165) is 28.3 Å². The van der Waals surface area contributed by atoms with Gasteiger partial charge in [-0.05, 0) is 42.5 Å². The van der Waals surface area contributed by atoms with Crippen molar-refractivity contribution in [2.45, 2.75) is 31.7 Å². The van der Waals surface area contributed by atoms with Gasteiger partial charge in [-0.3, -0.25) is 4.79 Å². The van der Waals surface area contributed by atoms with Gasteiger partial charge in [0.05, 0.1) is 6.26 Å². The van der Waals surface area contributed by atoms with Gasteiger partial charge >= 0.3 is 0 Å². The topological polar surface area (TPSA) is 73.0 Å². The number of hydrogen-bond donors (Lipinski definition) is 1. The number of anilines is 1. The summed E-state index contributed by atoms with van der Waals surface area (Å²) in [6, 6.07) is 5.69. The highest BCUT2D eigenvalue weighted by Crippen LogP contribution is 2.45. The van der Waals surface area contributed by atoms with Crippen molar-refractivity contribution in [3.63, 3.8) is 0 Å². The Morgan fingerprint density at radius 3 is 3.04 bits per heavy atom. The van der Waals surface area contributed by atoms with E-state index in [1.165, 1.54) is 11.9 Å². The SMILES string of the molecule is Cc1ccsc1[C@H]1C2=C(C[C@@H](c3ccco3)CC2=O)Nc2ncnn21. The summed E-state index contributed by atoms with van der Waals surface area (Å²) in [6.45, 7) is 2.07. The van der Waals surface area contributed by atoms with E-state index in [1.54, 1.807) is 17.6 Å². The number of Topliss-reactive ketones (excluding diaryl/α,β-unsaturated/α-hetero) is 1. The Bertz CT molecular complexity index is 983. The third-order valence-corrected chi connectivity index (χ3v) is 6.03. The first kappa shape index (κ1) is 14.7. The highest BCUT2D eigenvalue weighted by molar-refractivity contribution is 7.10. The summed E-state index contributed by atoms with van der Waals surface area (Å²) >= 11 is 1.66. The second-order valence-electron chi connectivity index (χ2n) is 6.46. The molecule has 25 heavy (non-hydrogen) atoms. The zero-order chi connectivity index (χ0) is 17.0. The molecule has 0 fully saturated rings. The van der Waals surface area contributed by atoms with Gasteiger partial charge in [0, 0.05) is 28.5 Å². The van der Waals surface area contributed by atoms with Gasteiger partial charge in [0.25, 0.3) is 0 Å². The molecule has 1 aliphatic carbocycles. The van der Waals surface area contributed by atoms with Gasteiger partial charge in [-0.2, -0.15) is 10.1 Å². The molecule has 0 saturated carbocycles. The molecule has 0 saturated heterocycles. The van der Waals surface area contributed by atoms with Crippen molar-refractivity contribution >= 4 is 23.1 Å². The quantitative estimate of drug-likeness (QED) is 0.762. The molecule has 126 valence electrons. The van der Waals surface area contributed by atoms with E-state index >= 15 is 0 Å². The number of rotatable bonds is 2. The molecule has 4 heterocycles. The fourth-order valence-corrected chi connectivity index (χ4v) is 4.80. The van der Waals surface area contributed by atoms with Gasteiger partial charge in [-0.1, -0.05) is 0 Å². The van der Waals surface area contributed by atoms with E-state index < -0.39 is 0 Å². The van der Waals surface area contributed by atoms with Crippen LogP contribution in [0.25, 0.3) is 0 Å². The number of aryl methyl sites for hydroxylation is 1. The molecule has 0 spiro atoms. The number of aromatic nitrogens is 3. The standard InChI is InChI=1S/C18H16N4O2S/c1-10-4-6-25-17(10)16-15-12(21-18-19-9-20-22(16)18)7-11(8-13(15)23)14-3-2-5-24-14/h2-6,9,11,16H,7-8H2,1H3,(H,19,20,21)/t11-,16-/m1/s1. The molecule has 0 amide bonds. The predicted molar refractivity (Wildman–Crippen MR) is 93.6 cm³/mol. The van der Waals surface area contributed by atoms with Crippen molar-refractivity contribution in [2.75, 3.05) is 5.32 Å². The summed E-state index contributed by atoms with van der Waals surface area (Å²) in [4.78, 5) is 18.6. The van der Waals surface area contributed by atoms with Crippen LogP contribution in [0, 0.1) is 6.92 Å². The van der Waals surface area contributed by atoms with E-state index in [4.69, 9.17) is 4.42 Å². The van der Waals surface area contributed by atoms with Crippen molar-refractivity contribution in [2.24, 2.45) is 0 Å². The maximum atomic E-state index is 13.1. The lowest BCUT2D eigenvalue weighted by molar-refractivity contribution is -0.116. The third kappa shape index (κ3) is 2.19. The second kappa shape index (κ2) is 5.42. The Hall–Kier alpha value is -2.67. The average Bonchev–Trinajstić information content (AvgIpc) is 3.34. The van der Waals surface area contributed by atoms with E-state index in [1.807, 2.05) is 16.8 Å². The van der Waals surface area contributed by atoms with Gasteiger partial charge in [0.15, 0.2) is 5.78 Å². The number of thiophene rings is 1. The first-order valence-corrected chi connectivity index (χ1v) is 9.10. The summed E-state index contributed by atoms with van der Waals surface area (Å²) < 4.78 is 7.36. The molecule has 3 aromatic rings. The Labute approximate surface area is 148 Å². The average molecular weight is 352 g/mol. The molecular weight excluding hydrogens is 336 g/mol. The molecule has 0 bridgehead atoms. The Morgan fingerprint density at radius 2 is 2.28 bits per heavy atom. The van der Waals surface area contributed by atoms with Crippen molar-refractivity contribution in [1.29, 1.82) is 0 Å². The van der Waals surface area contributed by atoms with Crippen LogP contribution >= 0.6 is 11.3 Å². The number of ketones is 1. The van der Waals surface area contributed by atoms with Gasteiger partial charge < -0.3 is 9.73 Å². The smallest absolute Gasteiger partial charge is 0.226 e. The molecule has 2 atom stereocenters. The van der Waals surface area contributed by atoms with Gasteiger partial charge in [0.2, 0.25) is 5.95 Å². The Balaban J connectivity index is 1.64. The van der Waals surface area contributed by atoms with Crippen molar-refractivity contribution in [3.05, 3.63) is 63.6 Å². The highest BCUT2D eigenvalue weighted by Gasteiger charge is 2.40. The lowest BCUT2D eigenvalue weighted by Crippen LogP contribution is -2.33. The minimum absolute atomic E-state index is 0.0632. The number of allylic oxidation sites excluding steroid dienone is 2. The third-order valence-electron chi connectivity index (χ3n) is 4.96. The molecule has 1 N–H and O–H groups in total. The van der Waals surface area contributed by atoms with Crippen LogP contribution in [0.2, 0.25) is 0 Å². The van der Waals surface area contributed by atoms with E-state index in [-0.39, 0.29) is 17.7 Å². The first-order valence-electron chi connectivity index (χ1n) is 8.22. The summed E-state index contributed by atoms with van der Waals surface area (Å²) in [6.07, 6.45) is 4.39. The lowest BCUT2D eigenvalue weighted by Gasteiger charge is -2.34. The van der Waals surface area contributed by atoms with Crippen molar-refractivity contribution < 1.29 is 9.21 Å². The largest absolute Gasteiger partial charge is 0.469 e. The number of hydrogen-bond acceptors (Lipinski definition) is 6. The highest BCUT2D eigenvalue weighted by atomic mass is 32.1. The fraction of sp³-hybridized carbons (Fsp3) is 0.278. The number of carbonyl (C=O) groups is 1. The zero-order valence-electron chi connectivity index (χ0n) is 13.6. The van der Waals surface area contributed by atoms with Crippen LogP contribution in [0.4, 0.5) is 5.95 Å². The molecule has 6 nitrogen and oxygen atoms in total. The van der Waals surface area contributed by atoms with Crippen LogP contribution in [0.3, 0.4) is 0 Å². The number of fused-ring (bicyclic) bond motifs is 1. The first-order chi connectivity index (χ1) is 12.2. The molecule has 0 unspecified atom stereocenters. The molecule has 7 heteroatoms. The summed E-state index contributed by atoms with van der Waals surface area (Å²) in [5.41, 5.74) is 2.92. The maximum Gasteiger partial charge on any atom is 0.226 e. The number of nitrogens with zero attached hydrogens (tertiary/aromatic N) is 3. The monoisotopic (exact) mass is 352 g/mol. The number of nitrogens with one attached hydrogen (secondary N) is 1. The minimum Gasteiger partial charge on any atom is -0.469 e. The molecular formula is C18H16N4O2S. The Morgan fingerprint density at radius 1 is 1.36 bits per heavy atom. The fourth-order valence-electron chi connectivity index (χ4n) is 3.78. The summed E-state index contributed by atoms with van der Waals surface area (Å²) in [7, 11) is 0. The molecule has 2 aliphatic rings. The van der Waals surface area contributed by atoms with Gasteiger partial charge in [-0.15, -0.1) is 11.3 Å². The Kier molecular flexibility index (Phi) is 3.18. The second-order valence-corrected chi connectivity index (χ2v) is 7.41. The molecule has 0 aromatic carbocycles. The van der Waals surface area contributed by atoms with Crippen LogP contribution in [0.15, 0.2) is 51.9 Å². The zero-order valence-corrected chi connectivity index (χ0v) is 14.4. The van der Waals surface area contributed by atoms with Crippen LogP contribution in [-0.2, 0) is 4.79 Å². The van der Waals surface area contributed by atoms with Gasteiger partial charge in [-0.25, -0.2) is 4.68 Å². The normalized spacial score (nSPS) is 22.5. The van der Waals surface area contributed by atoms with E-state index in [9.17, 15) is 4.79 Å². The van der Waals surface area contributed by atoms with Crippen LogP contribution in [0.5, 0.6) is 0 Å². The van der Waals surface area contributed by atoms with E-state index in [2.05, 4.69) is 33.8 Å². The predicted octanol–water partition coefficient (Wildman–Crippen LogP) is 3.66. The molecule has 1 aliphatic heterocycles. The van der Waals surface area contributed by atoms with Gasteiger partial charge in [0.1, 0.15) is 18.1 Å². The van der Waals surface area contributed by atoms with Crippen molar-refractivity contribution in [3.8, 4) is 0 Å². The van der Waals surface area contributed by atoms with E-state index in [0.29, 0.717) is 12.4 Å². The number of carbonyl (C=O) groups excluding carboxylic acids is 1. The van der Waals surface area contributed by atoms with Crippen LogP contribution < -0.4 is 5.32 Å². The minimum atomic E-state index is -0.196. The van der Waals surface area contributed by atoms with Crippen LogP contribution in [0.1, 0.15) is 41.0 Å². The lowest BCUT2D eigenvalue weighted by atomic mass is 9.80. The van der Waals surface area contributed by atoms with Crippen molar-refractivity contribution in [1.82, 2.24) is 14.8 Å². The molecule has 3 aromatic heterocycles. The summed E-state index contributed by atoms with van der Waals surface area (Å²) in [5.74, 6) is 1.75.